The van der Waals surface area contributed by atoms with Gasteiger partial charge in [0.15, 0.2) is 0 Å². The number of nitrogens with zero attached hydrogens (tertiary/aromatic N) is 6. The molecule has 42 heavy (non-hydrogen) atoms. The number of rotatable bonds is 10. The van der Waals surface area contributed by atoms with Gasteiger partial charge < -0.3 is 15.1 Å². The molecule has 0 unspecified atom stereocenters. The summed E-state index contributed by atoms with van der Waals surface area (Å²) in [4.78, 5) is 32.5. The van der Waals surface area contributed by atoms with E-state index in [2.05, 4.69) is 20.7 Å². The van der Waals surface area contributed by atoms with Gasteiger partial charge in [0, 0.05) is 37.9 Å². The first-order valence-corrected chi connectivity index (χ1v) is 13.9. The van der Waals surface area contributed by atoms with Crippen LogP contribution in [0.2, 0.25) is 0 Å². The summed E-state index contributed by atoms with van der Waals surface area (Å²) in [6, 6.07) is 18.1. The number of nitrogens with one attached hydrogen (secondary N) is 1. The lowest BCUT2D eigenvalue weighted by Gasteiger charge is -2.32. The molecule has 11 heteroatoms. The molecule has 4 aromatic rings. The van der Waals surface area contributed by atoms with Gasteiger partial charge in [0.1, 0.15) is 24.2 Å². The minimum atomic E-state index is -0.959. The van der Waals surface area contributed by atoms with E-state index in [-0.39, 0.29) is 30.9 Å². The standard InChI is InChI=1S/C31H33F2N7O2/c1-38(2)27-17-11-22(12-18-27)29(31(42)34-26-5-3-4-6-26)39(19-21-7-13-24(32)14-8-21)28(41)20-40-36-30(35-37-40)23-9-15-25(33)16-10-23/h7-18,26,29H,3-6,19-20H2,1-2H3,(H,34,42)/t29-/m0/s1. The topological polar surface area (TPSA) is 96.2 Å². The minimum Gasteiger partial charge on any atom is -0.378 e. The van der Waals surface area contributed by atoms with Crippen LogP contribution in [-0.2, 0) is 22.7 Å². The van der Waals surface area contributed by atoms with Crippen molar-refractivity contribution in [3.05, 3.63) is 95.6 Å². The van der Waals surface area contributed by atoms with Gasteiger partial charge in [0.2, 0.25) is 17.6 Å². The van der Waals surface area contributed by atoms with Crippen LogP contribution in [0.25, 0.3) is 11.4 Å². The van der Waals surface area contributed by atoms with Crippen molar-refractivity contribution >= 4 is 17.5 Å². The molecule has 9 nitrogen and oxygen atoms in total. The fraction of sp³-hybridized carbons (Fsp3) is 0.323. The van der Waals surface area contributed by atoms with Crippen LogP contribution >= 0.6 is 0 Å². The quantitative estimate of drug-likeness (QED) is 0.300. The van der Waals surface area contributed by atoms with Gasteiger partial charge in [-0.1, -0.05) is 37.1 Å². The molecular formula is C31H33F2N7O2. The summed E-state index contributed by atoms with van der Waals surface area (Å²) in [5.74, 6) is -1.26. The summed E-state index contributed by atoms with van der Waals surface area (Å²) in [5, 5.41) is 15.5. The van der Waals surface area contributed by atoms with E-state index < -0.39 is 23.6 Å². The lowest BCUT2D eigenvalue weighted by molar-refractivity contribution is -0.142. The first kappa shape index (κ1) is 28.8. The Bertz CT molecular complexity index is 1500. The van der Waals surface area contributed by atoms with Crippen LogP contribution in [0.1, 0.15) is 42.9 Å². The van der Waals surface area contributed by atoms with Crippen molar-refractivity contribution in [2.45, 2.75) is 50.9 Å². The highest BCUT2D eigenvalue weighted by Gasteiger charge is 2.34. The maximum Gasteiger partial charge on any atom is 0.247 e. The Morgan fingerprint density at radius 3 is 2.17 bits per heavy atom. The molecule has 2 amide bonds. The highest BCUT2D eigenvalue weighted by atomic mass is 19.1. The maximum absolute atomic E-state index is 14.0. The zero-order valence-electron chi connectivity index (χ0n) is 23.6. The van der Waals surface area contributed by atoms with Gasteiger partial charge in [-0.3, -0.25) is 9.59 Å². The van der Waals surface area contributed by atoms with Crippen LogP contribution in [0.3, 0.4) is 0 Å². The molecule has 0 radical (unpaired) electrons. The predicted octanol–water partition coefficient (Wildman–Crippen LogP) is 4.51. The van der Waals surface area contributed by atoms with Crippen molar-refractivity contribution in [1.29, 1.82) is 0 Å². The molecule has 0 bridgehead atoms. The number of amides is 2. The average Bonchev–Trinajstić information content (AvgIpc) is 3.67. The fourth-order valence-electron chi connectivity index (χ4n) is 5.12. The molecule has 1 heterocycles. The first-order chi connectivity index (χ1) is 20.3. The van der Waals surface area contributed by atoms with E-state index in [0.717, 1.165) is 36.2 Å². The Morgan fingerprint density at radius 2 is 1.55 bits per heavy atom. The Hall–Kier alpha value is -4.67. The zero-order chi connectivity index (χ0) is 29.6. The van der Waals surface area contributed by atoms with Crippen LogP contribution < -0.4 is 10.2 Å². The zero-order valence-corrected chi connectivity index (χ0v) is 23.6. The number of hydrogen-bond donors (Lipinski definition) is 1. The molecule has 0 spiro atoms. The number of anilines is 1. The van der Waals surface area contributed by atoms with Crippen molar-refractivity contribution < 1.29 is 18.4 Å². The van der Waals surface area contributed by atoms with Crippen molar-refractivity contribution in [3.63, 3.8) is 0 Å². The van der Waals surface area contributed by atoms with E-state index in [0.29, 0.717) is 16.7 Å². The number of hydrogen-bond acceptors (Lipinski definition) is 6. The summed E-state index contributed by atoms with van der Waals surface area (Å²) < 4.78 is 27.1. The second-order valence-electron chi connectivity index (χ2n) is 10.7. The van der Waals surface area contributed by atoms with Crippen LogP contribution in [0.15, 0.2) is 72.8 Å². The molecule has 218 valence electrons. The number of halogens is 2. The average molecular weight is 574 g/mol. The number of tetrazole rings is 1. The Morgan fingerprint density at radius 1 is 0.929 bits per heavy atom. The van der Waals surface area contributed by atoms with Crippen molar-refractivity contribution in [3.8, 4) is 11.4 Å². The molecule has 1 N–H and O–H groups in total. The number of carbonyl (C=O) groups excluding carboxylic acids is 2. The normalized spacial score (nSPS) is 14.0. The second kappa shape index (κ2) is 12.9. The lowest BCUT2D eigenvalue weighted by atomic mass is 10.0. The summed E-state index contributed by atoms with van der Waals surface area (Å²) in [7, 11) is 3.85. The first-order valence-electron chi connectivity index (χ1n) is 13.9. The minimum absolute atomic E-state index is 0.0408. The molecule has 3 aromatic carbocycles. The third-order valence-electron chi connectivity index (χ3n) is 7.41. The van der Waals surface area contributed by atoms with Crippen LogP contribution in [-0.4, -0.2) is 57.1 Å². The molecule has 1 aliphatic carbocycles. The van der Waals surface area contributed by atoms with Crippen molar-refractivity contribution in [2.75, 3.05) is 19.0 Å². The van der Waals surface area contributed by atoms with Gasteiger partial charge in [0.25, 0.3) is 0 Å². The highest BCUT2D eigenvalue weighted by molar-refractivity contribution is 5.89. The van der Waals surface area contributed by atoms with E-state index in [4.69, 9.17) is 0 Å². The summed E-state index contributed by atoms with van der Waals surface area (Å²) >= 11 is 0. The largest absolute Gasteiger partial charge is 0.378 e. The van der Waals surface area contributed by atoms with Crippen LogP contribution in [0.5, 0.6) is 0 Å². The third kappa shape index (κ3) is 6.96. The third-order valence-corrected chi connectivity index (χ3v) is 7.41. The molecule has 0 aliphatic heterocycles. The van der Waals surface area contributed by atoms with Gasteiger partial charge in [-0.25, -0.2) is 8.78 Å². The van der Waals surface area contributed by atoms with Crippen molar-refractivity contribution in [2.24, 2.45) is 0 Å². The Kier molecular flexibility index (Phi) is 8.85. The number of aromatic nitrogens is 4. The number of benzene rings is 3. The predicted molar refractivity (Wildman–Crippen MR) is 154 cm³/mol. The fourth-order valence-corrected chi connectivity index (χ4v) is 5.12. The molecule has 1 atom stereocenters. The van der Waals surface area contributed by atoms with Gasteiger partial charge in [-0.2, -0.15) is 4.80 Å². The summed E-state index contributed by atoms with van der Waals surface area (Å²) in [6.07, 6.45) is 3.86. The Balaban J connectivity index is 1.48. The van der Waals surface area contributed by atoms with Gasteiger partial charge >= 0.3 is 0 Å². The van der Waals surface area contributed by atoms with Gasteiger partial charge in [-0.05, 0) is 77.7 Å². The Labute approximate surface area is 243 Å². The van der Waals surface area contributed by atoms with Crippen LogP contribution in [0, 0.1) is 11.6 Å². The lowest BCUT2D eigenvalue weighted by Crippen LogP contribution is -2.46. The van der Waals surface area contributed by atoms with Gasteiger partial charge in [0.05, 0.1) is 0 Å². The molecular weight excluding hydrogens is 540 g/mol. The number of carbonyl (C=O) groups is 2. The maximum atomic E-state index is 14.0. The monoisotopic (exact) mass is 573 g/mol. The van der Waals surface area contributed by atoms with E-state index in [9.17, 15) is 18.4 Å². The molecule has 1 aromatic heterocycles. The van der Waals surface area contributed by atoms with E-state index in [1.165, 1.54) is 41.3 Å². The van der Waals surface area contributed by atoms with E-state index in [1.54, 1.807) is 12.1 Å². The second-order valence-corrected chi connectivity index (χ2v) is 10.7. The van der Waals surface area contributed by atoms with Crippen molar-refractivity contribution in [1.82, 2.24) is 30.4 Å². The highest BCUT2D eigenvalue weighted by Crippen LogP contribution is 2.28. The summed E-state index contributed by atoms with van der Waals surface area (Å²) in [6.45, 7) is -0.241. The molecule has 1 fully saturated rings. The van der Waals surface area contributed by atoms with E-state index >= 15 is 0 Å². The van der Waals surface area contributed by atoms with Crippen LogP contribution in [0.4, 0.5) is 14.5 Å². The molecule has 1 saturated carbocycles. The van der Waals surface area contributed by atoms with Gasteiger partial charge in [-0.15, -0.1) is 10.2 Å². The molecule has 0 saturated heterocycles. The summed E-state index contributed by atoms with van der Waals surface area (Å²) in [5.41, 5.74) is 2.80. The molecule has 1 aliphatic rings. The van der Waals surface area contributed by atoms with E-state index in [1.807, 2.05) is 43.3 Å². The molecule has 5 rings (SSSR count). The SMILES string of the molecule is CN(C)c1ccc([C@@H](C(=O)NC2CCCC2)N(Cc2ccc(F)cc2)C(=O)Cn2nnc(-c3ccc(F)cc3)n2)cc1. The smallest absolute Gasteiger partial charge is 0.247 e.